The Morgan fingerprint density at radius 3 is 2.86 bits per heavy atom. The van der Waals surface area contributed by atoms with Gasteiger partial charge in [-0.2, -0.15) is 0 Å². The summed E-state index contributed by atoms with van der Waals surface area (Å²) < 4.78 is 10.2. The molecule has 6 nitrogen and oxygen atoms in total. The summed E-state index contributed by atoms with van der Waals surface area (Å²) in [7, 11) is 1.65. The number of amides is 1. The van der Waals surface area contributed by atoms with Crippen LogP contribution in [0.25, 0.3) is 0 Å². The molecule has 1 amide bonds. The minimum atomic E-state index is 0.00242. The van der Waals surface area contributed by atoms with E-state index in [4.69, 9.17) is 9.26 Å². The molecule has 0 saturated carbocycles. The summed E-state index contributed by atoms with van der Waals surface area (Å²) in [4.78, 5) is 11.8. The van der Waals surface area contributed by atoms with Crippen molar-refractivity contribution in [2.45, 2.75) is 19.8 Å². The summed E-state index contributed by atoms with van der Waals surface area (Å²) in [5.74, 6) is 2.24. The molecule has 0 spiro atoms. The second-order valence-corrected chi connectivity index (χ2v) is 4.91. The van der Waals surface area contributed by atoms with E-state index in [1.54, 1.807) is 13.2 Å². The highest BCUT2D eigenvalue weighted by Gasteiger charge is 2.05. The van der Waals surface area contributed by atoms with Crippen LogP contribution in [0.5, 0.6) is 5.75 Å². The van der Waals surface area contributed by atoms with Crippen molar-refractivity contribution in [2.75, 3.05) is 25.5 Å². The minimum absolute atomic E-state index is 0.00242. The number of methoxy groups -OCH3 is 1. The number of benzene rings is 1. The zero-order valence-corrected chi connectivity index (χ0v) is 12.9. The maximum Gasteiger partial charge on any atom is 0.221 e. The molecule has 0 aliphatic rings. The van der Waals surface area contributed by atoms with Crippen molar-refractivity contribution in [3.63, 3.8) is 0 Å². The Kier molecular flexibility index (Phi) is 5.82. The second-order valence-electron chi connectivity index (χ2n) is 4.91. The topological polar surface area (TPSA) is 76.4 Å². The summed E-state index contributed by atoms with van der Waals surface area (Å²) in [6.45, 7) is 2.93. The van der Waals surface area contributed by atoms with Crippen LogP contribution in [0.15, 0.2) is 34.9 Å². The fraction of sp³-hybridized carbons (Fsp3) is 0.375. The maximum absolute atomic E-state index is 11.8. The average molecular weight is 303 g/mol. The Hall–Kier alpha value is -2.50. The molecular formula is C16H21N3O3. The lowest BCUT2D eigenvalue weighted by molar-refractivity contribution is -0.120. The van der Waals surface area contributed by atoms with Crippen LogP contribution in [0.4, 0.5) is 5.82 Å². The number of nitrogens with zero attached hydrogens (tertiary/aromatic N) is 1. The number of ether oxygens (including phenoxy) is 1. The number of rotatable bonds is 8. The van der Waals surface area contributed by atoms with Gasteiger partial charge in [-0.3, -0.25) is 4.79 Å². The van der Waals surface area contributed by atoms with Gasteiger partial charge in [-0.05, 0) is 25.0 Å². The van der Waals surface area contributed by atoms with Gasteiger partial charge in [0.15, 0.2) is 5.82 Å². The maximum atomic E-state index is 11.8. The highest BCUT2D eigenvalue weighted by molar-refractivity contribution is 5.76. The molecule has 0 aliphatic heterocycles. The molecule has 118 valence electrons. The summed E-state index contributed by atoms with van der Waals surface area (Å²) in [5, 5.41) is 9.73. The number of anilines is 1. The number of nitrogens with one attached hydrogen (secondary N) is 2. The molecule has 0 atom stereocenters. The molecular weight excluding hydrogens is 282 g/mol. The van der Waals surface area contributed by atoms with Crippen molar-refractivity contribution in [3.05, 3.63) is 41.7 Å². The van der Waals surface area contributed by atoms with Gasteiger partial charge in [-0.15, -0.1) is 0 Å². The van der Waals surface area contributed by atoms with Crippen LogP contribution in [0.2, 0.25) is 0 Å². The van der Waals surface area contributed by atoms with Gasteiger partial charge in [-0.25, -0.2) is 0 Å². The minimum Gasteiger partial charge on any atom is -0.496 e. The summed E-state index contributed by atoms with van der Waals surface area (Å²) in [6, 6.07) is 9.60. The van der Waals surface area contributed by atoms with E-state index in [1.807, 2.05) is 31.2 Å². The average Bonchev–Trinajstić information content (AvgIpc) is 2.93. The molecule has 0 unspecified atom stereocenters. The fourth-order valence-electron chi connectivity index (χ4n) is 2.09. The van der Waals surface area contributed by atoms with Gasteiger partial charge in [0.2, 0.25) is 5.91 Å². The molecule has 1 aromatic carbocycles. The van der Waals surface area contributed by atoms with E-state index < -0.39 is 0 Å². The first-order chi connectivity index (χ1) is 10.7. The van der Waals surface area contributed by atoms with E-state index >= 15 is 0 Å². The van der Waals surface area contributed by atoms with Crippen LogP contribution >= 0.6 is 0 Å². The van der Waals surface area contributed by atoms with E-state index in [2.05, 4.69) is 15.8 Å². The van der Waals surface area contributed by atoms with Crippen molar-refractivity contribution in [2.24, 2.45) is 0 Å². The van der Waals surface area contributed by atoms with Crippen molar-refractivity contribution >= 4 is 11.7 Å². The number of carbonyl (C=O) groups is 1. The standard InChI is InChI=1S/C16H21N3O3/c1-12-11-15(19-22-12)17-10-8-16(20)18-9-7-13-5-3-4-6-14(13)21-2/h3-6,11H,7-10H2,1-2H3,(H,17,19)(H,18,20). The lowest BCUT2D eigenvalue weighted by Crippen LogP contribution is -2.27. The number of para-hydroxylation sites is 1. The van der Waals surface area contributed by atoms with Gasteiger partial charge in [-0.1, -0.05) is 23.4 Å². The largest absolute Gasteiger partial charge is 0.496 e. The van der Waals surface area contributed by atoms with Crippen molar-refractivity contribution in [3.8, 4) is 5.75 Å². The lowest BCUT2D eigenvalue weighted by Gasteiger charge is -2.09. The zero-order valence-electron chi connectivity index (χ0n) is 12.9. The third-order valence-electron chi connectivity index (χ3n) is 3.20. The van der Waals surface area contributed by atoms with Gasteiger partial charge in [0.05, 0.1) is 7.11 Å². The van der Waals surface area contributed by atoms with Crippen molar-refractivity contribution in [1.29, 1.82) is 0 Å². The Balaban J connectivity index is 1.65. The molecule has 0 bridgehead atoms. The highest BCUT2D eigenvalue weighted by Crippen LogP contribution is 2.17. The first-order valence-corrected chi connectivity index (χ1v) is 7.25. The van der Waals surface area contributed by atoms with E-state index in [0.717, 1.165) is 23.5 Å². The number of aromatic nitrogens is 1. The third-order valence-corrected chi connectivity index (χ3v) is 3.20. The normalized spacial score (nSPS) is 10.3. The molecule has 2 rings (SSSR count). The quantitative estimate of drug-likeness (QED) is 0.781. The monoisotopic (exact) mass is 303 g/mol. The zero-order chi connectivity index (χ0) is 15.8. The molecule has 0 aliphatic carbocycles. The molecule has 0 radical (unpaired) electrons. The second kappa shape index (κ2) is 8.07. The first-order valence-electron chi connectivity index (χ1n) is 7.25. The Bertz CT molecular complexity index is 610. The smallest absolute Gasteiger partial charge is 0.221 e. The SMILES string of the molecule is COc1ccccc1CCNC(=O)CCNc1cc(C)on1. The molecule has 2 aromatic rings. The first kappa shape index (κ1) is 15.9. The number of aryl methyl sites for hydroxylation is 1. The van der Waals surface area contributed by atoms with Gasteiger partial charge < -0.3 is 19.9 Å². The third kappa shape index (κ3) is 4.80. The van der Waals surface area contributed by atoms with Gasteiger partial charge >= 0.3 is 0 Å². The van der Waals surface area contributed by atoms with E-state index in [9.17, 15) is 4.79 Å². The Labute approximate surface area is 129 Å². The van der Waals surface area contributed by atoms with Crippen LogP contribution in [0, 0.1) is 6.92 Å². The molecule has 1 aromatic heterocycles. The van der Waals surface area contributed by atoms with E-state index in [0.29, 0.717) is 25.3 Å². The Morgan fingerprint density at radius 1 is 1.32 bits per heavy atom. The number of carbonyl (C=O) groups excluding carboxylic acids is 1. The number of hydrogen-bond donors (Lipinski definition) is 2. The van der Waals surface area contributed by atoms with Crippen LogP contribution in [-0.2, 0) is 11.2 Å². The van der Waals surface area contributed by atoms with Gasteiger partial charge in [0, 0.05) is 25.6 Å². The van der Waals surface area contributed by atoms with Crippen molar-refractivity contribution in [1.82, 2.24) is 10.5 Å². The molecule has 1 heterocycles. The van der Waals surface area contributed by atoms with E-state index in [-0.39, 0.29) is 5.91 Å². The summed E-state index contributed by atoms with van der Waals surface area (Å²) in [6.07, 6.45) is 1.13. The molecule has 0 saturated heterocycles. The molecule has 6 heteroatoms. The lowest BCUT2D eigenvalue weighted by atomic mass is 10.1. The molecule has 0 fully saturated rings. The van der Waals surface area contributed by atoms with E-state index in [1.165, 1.54) is 0 Å². The van der Waals surface area contributed by atoms with Gasteiger partial charge in [0.1, 0.15) is 11.5 Å². The predicted octanol–water partition coefficient (Wildman–Crippen LogP) is 2.15. The molecule has 22 heavy (non-hydrogen) atoms. The number of hydrogen-bond acceptors (Lipinski definition) is 5. The van der Waals surface area contributed by atoms with Crippen molar-refractivity contribution < 1.29 is 14.1 Å². The molecule has 2 N–H and O–H groups in total. The fourth-order valence-corrected chi connectivity index (χ4v) is 2.09. The summed E-state index contributed by atoms with van der Waals surface area (Å²) >= 11 is 0. The highest BCUT2D eigenvalue weighted by atomic mass is 16.5. The Morgan fingerprint density at radius 2 is 2.14 bits per heavy atom. The van der Waals surface area contributed by atoms with Crippen LogP contribution in [0.1, 0.15) is 17.7 Å². The van der Waals surface area contributed by atoms with Crippen LogP contribution in [-0.4, -0.2) is 31.3 Å². The predicted molar refractivity (Wildman–Crippen MR) is 84.1 cm³/mol. The van der Waals surface area contributed by atoms with Crippen LogP contribution in [0.3, 0.4) is 0 Å². The van der Waals surface area contributed by atoms with Gasteiger partial charge in [0.25, 0.3) is 0 Å². The van der Waals surface area contributed by atoms with Crippen LogP contribution < -0.4 is 15.4 Å². The summed E-state index contributed by atoms with van der Waals surface area (Å²) in [5.41, 5.74) is 1.08.